The summed E-state index contributed by atoms with van der Waals surface area (Å²) in [6.07, 6.45) is 1.05. The van der Waals surface area contributed by atoms with Crippen LogP contribution in [-0.4, -0.2) is 28.8 Å². The molecule has 30 heavy (non-hydrogen) atoms. The van der Waals surface area contributed by atoms with Crippen LogP contribution in [0.1, 0.15) is 69.2 Å². The number of amides is 2. The largest absolute Gasteiger partial charge is 0.352 e. The third-order valence-electron chi connectivity index (χ3n) is 5.35. The van der Waals surface area contributed by atoms with Crippen LogP contribution in [0.5, 0.6) is 0 Å². The van der Waals surface area contributed by atoms with E-state index < -0.39 is 6.04 Å². The zero-order valence-electron chi connectivity index (χ0n) is 19.2. The van der Waals surface area contributed by atoms with Gasteiger partial charge in [0.25, 0.3) is 0 Å². The first-order valence-electron chi connectivity index (χ1n) is 10.9. The maximum Gasteiger partial charge on any atom is 0.242 e. The van der Waals surface area contributed by atoms with Gasteiger partial charge in [0.1, 0.15) is 6.04 Å². The molecule has 0 bridgehead atoms. The molecule has 0 unspecified atom stereocenters. The molecule has 2 aromatic carbocycles. The van der Waals surface area contributed by atoms with Crippen molar-refractivity contribution in [1.82, 2.24) is 10.2 Å². The standard InChI is InChI=1S/C26H36N2O2/c1-18(2)24-14-11-22(12-15-24)13-16-25(29)28(21(6)26(30)27-19(3)4)17-23-9-7-20(5)8-10-23/h7-12,14-15,18-19,21H,13,16-17H2,1-6H3,(H,27,30)/t21-/m1/s1. The van der Waals surface area contributed by atoms with Crippen LogP contribution >= 0.6 is 0 Å². The monoisotopic (exact) mass is 408 g/mol. The van der Waals surface area contributed by atoms with Crippen molar-refractivity contribution in [3.8, 4) is 0 Å². The van der Waals surface area contributed by atoms with Gasteiger partial charge in [-0.1, -0.05) is 67.9 Å². The Kier molecular flexibility index (Phi) is 8.64. The molecule has 0 aliphatic heterocycles. The summed E-state index contributed by atoms with van der Waals surface area (Å²) < 4.78 is 0. The van der Waals surface area contributed by atoms with E-state index in [0.29, 0.717) is 25.3 Å². The number of hydrogen-bond donors (Lipinski definition) is 1. The van der Waals surface area contributed by atoms with Crippen LogP contribution in [0.15, 0.2) is 48.5 Å². The molecule has 0 aromatic heterocycles. The highest BCUT2D eigenvalue weighted by Crippen LogP contribution is 2.17. The highest BCUT2D eigenvalue weighted by molar-refractivity contribution is 5.87. The van der Waals surface area contributed by atoms with Gasteiger partial charge in [-0.25, -0.2) is 0 Å². The first kappa shape index (κ1) is 23.7. The molecular formula is C26H36N2O2. The predicted molar refractivity (Wildman–Crippen MR) is 123 cm³/mol. The fourth-order valence-electron chi connectivity index (χ4n) is 3.34. The number of benzene rings is 2. The van der Waals surface area contributed by atoms with E-state index in [1.165, 1.54) is 11.1 Å². The van der Waals surface area contributed by atoms with Crippen molar-refractivity contribution in [2.45, 2.75) is 78.9 Å². The highest BCUT2D eigenvalue weighted by atomic mass is 16.2. The maximum absolute atomic E-state index is 13.1. The van der Waals surface area contributed by atoms with E-state index in [4.69, 9.17) is 0 Å². The van der Waals surface area contributed by atoms with E-state index in [-0.39, 0.29) is 17.9 Å². The van der Waals surface area contributed by atoms with E-state index in [1.54, 1.807) is 11.8 Å². The van der Waals surface area contributed by atoms with Gasteiger partial charge in [-0.15, -0.1) is 0 Å². The quantitative estimate of drug-likeness (QED) is 0.635. The topological polar surface area (TPSA) is 49.4 Å². The van der Waals surface area contributed by atoms with Gasteiger partial charge in [0.05, 0.1) is 0 Å². The van der Waals surface area contributed by atoms with Crippen molar-refractivity contribution in [3.63, 3.8) is 0 Å². The highest BCUT2D eigenvalue weighted by Gasteiger charge is 2.26. The third kappa shape index (κ3) is 7.01. The van der Waals surface area contributed by atoms with Crippen molar-refractivity contribution >= 4 is 11.8 Å². The van der Waals surface area contributed by atoms with Crippen molar-refractivity contribution < 1.29 is 9.59 Å². The van der Waals surface area contributed by atoms with E-state index in [0.717, 1.165) is 11.1 Å². The summed E-state index contributed by atoms with van der Waals surface area (Å²) in [5.41, 5.74) is 4.64. The Morgan fingerprint density at radius 2 is 1.43 bits per heavy atom. The minimum absolute atomic E-state index is 0.00471. The Balaban J connectivity index is 2.11. The predicted octanol–water partition coefficient (Wildman–Crippen LogP) is 4.99. The summed E-state index contributed by atoms with van der Waals surface area (Å²) >= 11 is 0. The smallest absolute Gasteiger partial charge is 0.242 e. The number of nitrogens with zero attached hydrogens (tertiary/aromatic N) is 1. The van der Waals surface area contributed by atoms with Gasteiger partial charge in [0.2, 0.25) is 11.8 Å². The number of carbonyl (C=O) groups is 2. The Morgan fingerprint density at radius 3 is 1.97 bits per heavy atom. The second-order valence-corrected chi connectivity index (χ2v) is 8.74. The average Bonchev–Trinajstić information content (AvgIpc) is 2.70. The summed E-state index contributed by atoms with van der Waals surface area (Å²) in [7, 11) is 0. The van der Waals surface area contributed by atoms with Gasteiger partial charge in [0, 0.05) is 19.0 Å². The molecule has 0 heterocycles. The lowest BCUT2D eigenvalue weighted by atomic mass is 10.00. The summed E-state index contributed by atoms with van der Waals surface area (Å²) in [5, 5.41) is 2.93. The molecule has 4 nitrogen and oxygen atoms in total. The molecule has 0 saturated carbocycles. The molecular weight excluding hydrogens is 372 g/mol. The zero-order chi connectivity index (χ0) is 22.3. The minimum Gasteiger partial charge on any atom is -0.352 e. The summed E-state index contributed by atoms with van der Waals surface area (Å²) in [4.78, 5) is 27.5. The van der Waals surface area contributed by atoms with Crippen LogP contribution in [0.25, 0.3) is 0 Å². The SMILES string of the molecule is Cc1ccc(CN(C(=O)CCc2ccc(C(C)C)cc2)[C@H](C)C(=O)NC(C)C)cc1. The molecule has 0 saturated heterocycles. The van der Waals surface area contributed by atoms with E-state index in [1.807, 2.05) is 45.0 Å². The molecule has 0 aliphatic carbocycles. The summed E-state index contributed by atoms with van der Waals surface area (Å²) in [5.74, 6) is 0.368. The Morgan fingerprint density at radius 1 is 0.867 bits per heavy atom. The van der Waals surface area contributed by atoms with E-state index in [2.05, 4.69) is 43.4 Å². The Labute approximate surface area is 181 Å². The normalized spacial score (nSPS) is 12.1. The fraction of sp³-hybridized carbons (Fsp3) is 0.462. The molecule has 1 N–H and O–H groups in total. The Bertz CT molecular complexity index is 823. The molecule has 0 aliphatic rings. The van der Waals surface area contributed by atoms with Gasteiger partial charge >= 0.3 is 0 Å². The lowest BCUT2D eigenvalue weighted by Crippen LogP contribution is -2.49. The van der Waals surface area contributed by atoms with Crippen LogP contribution in [0, 0.1) is 6.92 Å². The zero-order valence-corrected chi connectivity index (χ0v) is 19.2. The molecule has 162 valence electrons. The van der Waals surface area contributed by atoms with Gasteiger partial charge < -0.3 is 10.2 Å². The van der Waals surface area contributed by atoms with E-state index in [9.17, 15) is 9.59 Å². The first-order chi connectivity index (χ1) is 14.2. The second kappa shape index (κ2) is 11.0. The Hall–Kier alpha value is -2.62. The van der Waals surface area contributed by atoms with Gasteiger partial charge in [-0.05, 0) is 56.7 Å². The van der Waals surface area contributed by atoms with Crippen LogP contribution in [0.2, 0.25) is 0 Å². The van der Waals surface area contributed by atoms with E-state index >= 15 is 0 Å². The first-order valence-corrected chi connectivity index (χ1v) is 10.9. The molecule has 2 amide bonds. The van der Waals surface area contributed by atoms with Crippen molar-refractivity contribution in [2.24, 2.45) is 0 Å². The maximum atomic E-state index is 13.1. The molecule has 0 spiro atoms. The lowest BCUT2D eigenvalue weighted by Gasteiger charge is -2.29. The number of hydrogen-bond acceptors (Lipinski definition) is 2. The van der Waals surface area contributed by atoms with Crippen LogP contribution in [0.4, 0.5) is 0 Å². The number of rotatable bonds is 9. The van der Waals surface area contributed by atoms with Crippen molar-refractivity contribution in [1.29, 1.82) is 0 Å². The molecule has 1 atom stereocenters. The van der Waals surface area contributed by atoms with Crippen LogP contribution < -0.4 is 5.32 Å². The molecule has 2 rings (SSSR count). The van der Waals surface area contributed by atoms with Gasteiger partial charge in [-0.2, -0.15) is 0 Å². The average molecular weight is 409 g/mol. The number of nitrogens with one attached hydrogen (secondary N) is 1. The van der Waals surface area contributed by atoms with Gasteiger partial charge in [0.15, 0.2) is 0 Å². The number of aryl methyl sites for hydroxylation is 2. The van der Waals surface area contributed by atoms with Gasteiger partial charge in [-0.3, -0.25) is 9.59 Å². The summed E-state index contributed by atoms with van der Waals surface area (Å²) in [6.45, 7) is 12.5. The molecule has 0 radical (unpaired) electrons. The molecule has 2 aromatic rings. The van der Waals surface area contributed by atoms with Crippen LogP contribution in [0.3, 0.4) is 0 Å². The minimum atomic E-state index is -0.524. The van der Waals surface area contributed by atoms with Crippen molar-refractivity contribution in [3.05, 3.63) is 70.8 Å². The summed E-state index contributed by atoms with van der Waals surface area (Å²) in [6, 6.07) is 16.1. The fourth-order valence-corrected chi connectivity index (χ4v) is 3.34. The van der Waals surface area contributed by atoms with Crippen molar-refractivity contribution in [2.75, 3.05) is 0 Å². The molecule has 0 fully saturated rings. The second-order valence-electron chi connectivity index (χ2n) is 8.74. The van der Waals surface area contributed by atoms with Crippen LogP contribution in [-0.2, 0) is 22.6 Å². The molecule has 4 heteroatoms. The third-order valence-corrected chi connectivity index (χ3v) is 5.35. The lowest BCUT2D eigenvalue weighted by molar-refractivity contribution is -0.140. The number of carbonyl (C=O) groups excluding carboxylic acids is 2.